The molecule has 0 aromatic heterocycles. The molecule has 3 rings (SSSR count). The van der Waals surface area contributed by atoms with Crippen LogP contribution in [0.1, 0.15) is 50.0 Å². The van der Waals surface area contributed by atoms with Crippen molar-refractivity contribution in [2.45, 2.75) is 40.7 Å². The molecule has 3 amide bonds. The number of nitro benzene ring substituents is 1. The van der Waals surface area contributed by atoms with E-state index in [0.717, 1.165) is 0 Å². The van der Waals surface area contributed by atoms with Crippen LogP contribution in [0, 0.1) is 16.0 Å². The van der Waals surface area contributed by atoms with Gasteiger partial charge in [-0.25, -0.2) is 4.79 Å². The third-order valence-corrected chi connectivity index (χ3v) is 6.60. The number of carbonyl (C=O) groups excluding carboxylic acids is 3. The third kappa shape index (κ3) is 8.57. The van der Waals surface area contributed by atoms with Crippen LogP contribution in [0.5, 0.6) is 17.2 Å². The summed E-state index contributed by atoms with van der Waals surface area (Å²) >= 11 is 0. The summed E-state index contributed by atoms with van der Waals surface area (Å²) in [6, 6.07) is 10.1. The number of ether oxygens (including phenoxy) is 3. The molecule has 0 aliphatic carbocycles. The maximum absolute atomic E-state index is 13.2. The number of phenolic OH excluding ortho intramolecular Hbond substituents is 1. The minimum atomic E-state index is -0.729. The van der Waals surface area contributed by atoms with E-state index < -0.39 is 16.9 Å². The van der Waals surface area contributed by atoms with Gasteiger partial charge in [-0.05, 0) is 37.5 Å². The van der Waals surface area contributed by atoms with Crippen molar-refractivity contribution >= 4 is 40.1 Å². The zero-order valence-electron chi connectivity index (χ0n) is 25.5. The predicted octanol–water partition coefficient (Wildman–Crippen LogP) is 5.59. The molecule has 0 radical (unpaired) electrons. The molecular formula is C31H38N4O9. The molecule has 44 heavy (non-hydrogen) atoms. The fourth-order valence-electron chi connectivity index (χ4n) is 4.36. The molecule has 0 atom stereocenters. The summed E-state index contributed by atoms with van der Waals surface area (Å²) < 4.78 is 16.6. The average molecular weight is 611 g/mol. The largest absolute Gasteiger partial charge is 0.506 e. The molecule has 0 unspecified atom stereocenters. The van der Waals surface area contributed by atoms with Crippen LogP contribution < -0.4 is 15.4 Å². The number of nitro groups is 1. The lowest BCUT2D eigenvalue weighted by molar-refractivity contribution is -0.385. The van der Waals surface area contributed by atoms with Gasteiger partial charge in [-0.1, -0.05) is 26.0 Å². The number of rotatable bonds is 14. The smallest absolute Gasteiger partial charge is 0.411 e. The summed E-state index contributed by atoms with van der Waals surface area (Å²) in [6.07, 6.45) is -0.185. The van der Waals surface area contributed by atoms with Crippen LogP contribution in [-0.2, 0) is 20.8 Å². The van der Waals surface area contributed by atoms with E-state index in [0.29, 0.717) is 25.1 Å². The van der Waals surface area contributed by atoms with E-state index in [1.54, 1.807) is 32.2 Å². The first-order chi connectivity index (χ1) is 21.0. The van der Waals surface area contributed by atoms with Gasteiger partial charge in [0, 0.05) is 63.4 Å². The highest BCUT2D eigenvalue weighted by Gasteiger charge is 2.23. The van der Waals surface area contributed by atoms with Gasteiger partial charge in [0.05, 0.1) is 28.2 Å². The van der Waals surface area contributed by atoms with E-state index in [-0.39, 0.29) is 76.5 Å². The Morgan fingerprint density at radius 3 is 2.50 bits per heavy atom. The van der Waals surface area contributed by atoms with Gasteiger partial charge < -0.3 is 29.5 Å². The minimum Gasteiger partial charge on any atom is -0.506 e. The number of amides is 3. The molecule has 0 heterocycles. The number of hydrogen-bond acceptors (Lipinski definition) is 9. The summed E-state index contributed by atoms with van der Waals surface area (Å²) in [5.41, 5.74) is 0.279. The highest BCUT2D eigenvalue weighted by Crippen LogP contribution is 2.43. The fourth-order valence-corrected chi connectivity index (χ4v) is 4.36. The van der Waals surface area contributed by atoms with Gasteiger partial charge in [0.25, 0.3) is 11.6 Å². The number of hydrogen-bond donors (Lipinski definition) is 3. The van der Waals surface area contributed by atoms with Crippen molar-refractivity contribution in [3.05, 3.63) is 63.7 Å². The van der Waals surface area contributed by atoms with Crippen LogP contribution in [-0.4, -0.2) is 66.3 Å². The molecular weight excluding hydrogens is 572 g/mol. The number of non-ortho nitro benzene ring substituents is 1. The summed E-state index contributed by atoms with van der Waals surface area (Å²) in [5.74, 6) is -0.809. The molecule has 0 fully saturated rings. The van der Waals surface area contributed by atoms with Crippen LogP contribution in [0.2, 0.25) is 0 Å². The highest BCUT2D eigenvalue weighted by atomic mass is 16.6. The second-order valence-corrected chi connectivity index (χ2v) is 10.4. The van der Waals surface area contributed by atoms with Crippen molar-refractivity contribution in [3.63, 3.8) is 0 Å². The van der Waals surface area contributed by atoms with Gasteiger partial charge in [0.15, 0.2) is 0 Å². The van der Waals surface area contributed by atoms with E-state index in [1.165, 1.54) is 36.1 Å². The van der Waals surface area contributed by atoms with Crippen molar-refractivity contribution in [3.8, 4) is 17.2 Å². The lowest BCUT2D eigenvalue weighted by Gasteiger charge is -2.22. The van der Waals surface area contributed by atoms with E-state index >= 15 is 0 Å². The van der Waals surface area contributed by atoms with E-state index in [1.807, 2.05) is 13.8 Å². The Balaban J connectivity index is 2.18. The zero-order chi connectivity index (χ0) is 32.4. The molecule has 0 spiro atoms. The summed E-state index contributed by atoms with van der Waals surface area (Å²) in [4.78, 5) is 50.5. The first kappa shape index (κ1) is 33.6. The van der Waals surface area contributed by atoms with Gasteiger partial charge in [-0.3, -0.25) is 25.0 Å². The van der Waals surface area contributed by atoms with Crippen LogP contribution in [0.4, 0.5) is 16.2 Å². The standard InChI is InChI=1S/C31H38N4O9/c1-6-34(20(4)36)17-21-15-22(35(40)41)11-12-26(21)44-27-16-24(30(38)32-13-8-14-42-5)29(37)23-9-7-10-25(28(23)27)33-31(39)43-18-19(2)3/h7,9-12,15-16,19,37H,6,8,13-14,17-18H2,1-5H3,(H,32,38)(H,33,39). The zero-order valence-corrected chi connectivity index (χ0v) is 25.5. The molecule has 13 nitrogen and oxygen atoms in total. The molecule has 0 aliphatic heterocycles. The maximum atomic E-state index is 13.2. The Morgan fingerprint density at radius 2 is 1.86 bits per heavy atom. The van der Waals surface area contributed by atoms with Gasteiger partial charge in [0.2, 0.25) is 5.91 Å². The van der Waals surface area contributed by atoms with E-state index in [2.05, 4.69) is 10.6 Å². The Bertz CT molecular complexity index is 1520. The summed E-state index contributed by atoms with van der Waals surface area (Å²) in [6.45, 7) is 8.21. The average Bonchev–Trinajstić information content (AvgIpc) is 2.98. The fraction of sp³-hybridized carbons (Fsp3) is 0.387. The summed E-state index contributed by atoms with van der Waals surface area (Å²) in [7, 11) is 1.55. The van der Waals surface area contributed by atoms with Crippen LogP contribution >= 0.6 is 0 Å². The molecule has 0 bridgehead atoms. The molecule has 3 N–H and O–H groups in total. The number of aromatic hydroxyl groups is 1. The van der Waals surface area contributed by atoms with Gasteiger partial charge in [-0.2, -0.15) is 0 Å². The van der Waals surface area contributed by atoms with Crippen molar-refractivity contribution < 1.29 is 38.6 Å². The SMILES string of the molecule is CCN(Cc1cc([N+](=O)[O-])ccc1Oc1cc(C(=O)NCCCOC)c(O)c2cccc(NC(=O)OCC(C)C)c12)C(C)=O. The van der Waals surface area contributed by atoms with Crippen LogP contribution in [0.3, 0.4) is 0 Å². The van der Waals surface area contributed by atoms with E-state index in [9.17, 15) is 29.6 Å². The Hall–Kier alpha value is -4.91. The first-order valence-electron chi connectivity index (χ1n) is 14.2. The van der Waals surface area contributed by atoms with E-state index in [4.69, 9.17) is 14.2 Å². The second kappa shape index (κ2) is 15.5. The number of anilines is 1. The minimum absolute atomic E-state index is 0.0122. The molecule has 0 saturated heterocycles. The normalized spacial score (nSPS) is 10.9. The van der Waals surface area contributed by atoms with Crippen molar-refractivity contribution in [1.82, 2.24) is 10.2 Å². The predicted molar refractivity (Wildman–Crippen MR) is 164 cm³/mol. The Labute approximate surface area is 255 Å². The van der Waals surface area contributed by atoms with Crippen LogP contribution in [0.25, 0.3) is 10.8 Å². The lowest BCUT2D eigenvalue weighted by Crippen LogP contribution is -2.28. The second-order valence-electron chi connectivity index (χ2n) is 10.4. The number of fused-ring (bicyclic) bond motifs is 1. The lowest BCUT2D eigenvalue weighted by atomic mass is 10.0. The number of nitrogens with zero attached hydrogens (tertiary/aromatic N) is 2. The molecule has 0 aliphatic rings. The highest BCUT2D eigenvalue weighted by molar-refractivity contribution is 6.11. The van der Waals surface area contributed by atoms with Crippen molar-refractivity contribution in [1.29, 1.82) is 0 Å². The van der Waals surface area contributed by atoms with Crippen molar-refractivity contribution in [2.75, 3.05) is 38.7 Å². The molecule has 0 saturated carbocycles. The number of nitrogens with one attached hydrogen (secondary N) is 2. The van der Waals surface area contributed by atoms with Gasteiger partial charge >= 0.3 is 6.09 Å². The summed E-state index contributed by atoms with van der Waals surface area (Å²) in [5, 5.41) is 28.6. The number of carbonyl (C=O) groups is 3. The quantitative estimate of drug-likeness (QED) is 0.120. The number of phenols is 1. The maximum Gasteiger partial charge on any atom is 0.411 e. The third-order valence-electron chi connectivity index (χ3n) is 6.60. The Kier molecular flexibility index (Phi) is 11.9. The molecule has 13 heteroatoms. The first-order valence-corrected chi connectivity index (χ1v) is 14.2. The monoisotopic (exact) mass is 610 g/mol. The Morgan fingerprint density at radius 1 is 1.11 bits per heavy atom. The van der Waals surface area contributed by atoms with Gasteiger partial charge in [0.1, 0.15) is 17.2 Å². The molecule has 3 aromatic carbocycles. The topological polar surface area (TPSA) is 170 Å². The van der Waals surface area contributed by atoms with Crippen LogP contribution in [0.15, 0.2) is 42.5 Å². The number of methoxy groups -OCH3 is 1. The van der Waals surface area contributed by atoms with Crippen molar-refractivity contribution in [2.24, 2.45) is 5.92 Å². The molecule has 236 valence electrons. The molecule has 3 aromatic rings. The van der Waals surface area contributed by atoms with Gasteiger partial charge in [-0.15, -0.1) is 0 Å². The number of benzene rings is 3.